The van der Waals surface area contributed by atoms with E-state index in [0.717, 1.165) is 35.7 Å². The first-order chi connectivity index (χ1) is 7.16. The highest BCUT2D eigenvalue weighted by molar-refractivity contribution is 9.10. The maximum atomic E-state index is 13.0. The topological polar surface area (TPSA) is 20.2 Å². The summed E-state index contributed by atoms with van der Waals surface area (Å²) in [6, 6.07) is 4.68. The smallest absolute Gasteiger partial charge is 0.123 e. The van der Waals surface area contributed by atoms with Crippen LogP contribution in [0.3, 0.4) is 0 Å². The predicted octanol–water partition coefficient (Wildman–Crippen LogP) is 3.29. The fourth-order valence-electron chi connectivity index (χ4n) is 1.75. The summed E-state index contributed by atoms with van der Waals surface area (Å²) in [5.74, 6) is 0.284. The van der Waals surface area contributed by atoms with E-state index in [1.807, 2.05) is 0 Å². The van der Waals surface area contributed by atoms with Crippen LogP contribution >= 0.6 is 15.9 Å². The van der Waals surface area contributed by atoms with Gasteiger partial charge in [-0.25, -0.2) is 4.39 Å². The summed E-state index contributed by atoms with van der Waals surface area (Å²) < 4.78 is 13.9. The van der Waals surface area contributed by atoms with Crippen molar-refractivity contribution in [1.29, 1.82) is 0 Å². The first-order valence-electron chi connectivity index (χ1n) is 5.29. The monoisotopic (exact) mass is 272 g/mol. The number of hydrogen-bond acceptors (Lipinski definition) is 1. The summed E-state index contributed by atoms with van der Waals surface area (Å²) in [6.45, 7) is 0. The SMILES string of the molecule is OC(CCc1cc(F)ccc1Br)C1CC1. The minimum absolute atomic E-state index is 0.208. The van der Waals surface area contributed by atoms with Crippen molar-refractivity contribution in [1.82, 2.24) is 0 Å². The van der Waals surface area contributed by atoms with Crippen LogP contribution in [0.25, 0.3) is 0 Å². The molecule has 1 aromatic carbocycles. The molecule has 1 fully saturated rings. The second-order valence-electron chi connectivity index (χ2n) is 4.18. The lowest BCUT2D eigenvalue weighted by molar-refractivity contribution is 0.142. The van der Waals surface area contributed by atoms with E-state index in [0.29, 0.717) is 5.92 Å². The van der Waals surface area contributed by atoms with Gasteiger partial charge in [-0.2, -0.15) is 0 Å². The van der Waals surface area contributed by atoms with Crippen molar-refractivity contribution in [3.63, 3.8) is 0 Å². The standard InChI is InChI=1S/C12H14BrFO/c13-11-5-4-10(14)7-9(11)3-6-12(15)8-1-2-8/h4-5,7-8,12,15H,1-3,6H2. The van der Waals surface area contributed by atoms with Crippen molar-refractivity contribution in [2.24, 2.45) is 5.92 Å². The largest absolute Gasteiger partial charge is 0.393 e. The molecule has 1 aliphatic rings. The van der Waals surface area contributed by atoms with E-state index in [1.54, 1.807) is 6.07 Å². The molecule has 1 aliphatic carbocycles. The van der Waals surface area contributed by atoms with Crippen LogP contribution in [0.5, 0.6) is 0 Å². The average Bonchev–Trinajstić information content (AvgIpc) is 3.02. The van der Waals surface area contributed by atoms with E-state index < -0.39 is 0 Å². The second kappa shape index (κ2) is 4.62. The van der Waals surface area contributed by atoms with Crippen molar-refractivity contribution in [3.8, 4) is 0 Å². The van der Waals surface area contributed by atoms with Gasteiger partial charge in [-0.3, -0.25) is 0 Å². The molecular formula is C12H14BrFO. The highest BCUT2D eigenvalue weighted by Crippen LogP contribution is 2.34. The molecule has 0 aliphatic heterocycles. The highest BCUT2D eigenvalue weighted by Gasteiger charge is 2.29. The molecule has 1 atom stereocenters. The maximum absolute atomic E-state index is 13.0. The lowest BCUT2D eigenvalue weighted by atomic mass is 10.0. The Kier molecular flexibility index (Phi) is 3.42. The van der Waals surface area contributed by atoms with Crippen LogP contribution < -0.4 is 0 Å². The van der Waals surface area contributed by atoms with E-state index in [9.17, 15) is 9.50 Å². The Morgan fingerprint density at radius 1 is 1.47 bits per heavy atom. The summed E-state index contributed by atoms with van der Waals surface area (Å²) in [5, 5.41) is 9.70. The molecule has 0 radical (unpaired) electrons. The number of halogens is 2. The fourth-order valence-corrected chi connectivity index (χ4v) is 2.20. The second-order valence-corrected chi connectivity index (χ2v) is 5.03. The van der Waals surface area contributed by atoms with Crippen LogP contribution in [0.15, 0.2) is 22.7 Å². The number of aliphatic hydroxyl groups is 1. The van der Waals surface area contributed by atoms with Crippen molar-refractivity contribution in [2.45, 2.75) is 31.8 Å². The van der Waals surface area contributed by atoms with Gasteiger partial charge in [0, 0.05) is 4.47 Å². The van der Waals surface area contributed by atoms with Gasteiger partial charge < -0.3 is 5.11 Å². The Morgan fingerprint density at radius 2 is 2.20 bits per heavy atom. The molecule has 0 spiro atoms. The molecule has 0 saturated heterocycles. The molecule has 0 aromatic heterocycles. The number of benzene rings is 1. The van der Waals surface area contributed by atoms with E-state index >= 15 is 0 Å². The van der Waals surface area contributed by atoms with Crippen molar-refractivity contribution in [3.05, 3.63) is 34.1 Å². The molecule has 1 saturated carbocycles. The Hall–Kier alpha value is -0.410. The Labute approximate surface area is 97.4 Å². The fraction of sp³-hybridized carbons (Fsp3) is 0.500. The van der Waals surface area contributed by atoms with Crippen molar-refractivity contribution in [2.75, 3.05) is 0 Å². The minimum Gasteiger partial charge on any atom is -0.393 e. The molecule has 1 unspecified atom stereocenters. The number of aryl methyl sites for hydroxylation is 1. The van der Waals surface area contributed by atoms with Crippen molar-refractivity contribution < 1.29 is 9.50 Å². The van der Waals surface area contributed by atoms with Gasteiger partial charge in [0.15, 0.2) is 0 Å². The third-order valence-electron chi connectivity index (χ3n) is 2.88. The maximum Gasteiger partial charge on any atom is 0.123 e. The van der Waals surface area contributed by atoms with Gasteiger partial charge in [-0.05, 0) is 55.4 Å². The number of hydrogen-bond donors (Lipinski definition) is 1. The van der Waals surface area contributed by atoms with Crippen molar-refractivity contribution >= 4 is 15.9 Å². The first-order valence-corrected chi connectivity index (χ1v) is 6.08. The van der Waals surface area contributed by atoms with E-state index in [1.165, 1.54) is 12.1 Å². The molecule has 0 amide bonds. The lowest BCUT2D eigenvalue weighted by Gasteiger charge is -2.09. The predicted molar refractivity (Wildman–Crippen MR) is 61.2 cm³/mol. The van der Waals surface area contributed by atoms with Crippen LogP contribution in [0.2, 0.25) is 0 Å². The van der Waals surface area contributed by atoms with Gasteiger partial charge in [0.2, 0.25) is 0 Å². The molecule has 0 heterocycles. The zero-order chi connectivity index (χ0) is 10.8. The summed E-state index contributed by atoms with van der Waals surface area (Å²) >= 11 is 3.38. The Morgan fingerprint density at radius 3 is 2.87 bits per heavy atom. The zero-order valence-electron chi connectivity index (χ0n) is 8.42. The molecule has 1 aromatic rings. The van der Waals surface area contributed by atoms with Crippen LogP contribution in [0.1, 0.15) is 24.8 Å². The van der Waals surface area contributed by atoms with Gasteiger partial charge in [-0.1, -0.05) is 15.9 Å². The van der Waals surface area contributed by atoms with E-state index in [2.05, 4.69) is 15.9 Å². The molecule has 2 rings (SSSR count). The quantitative estimate of drug-likeness (QED) is 0.892. The van der Waals surface area contributed by atoms with Crippen LogP contribution in [0.4, 0.5) is 4.39 Å². The number of aliphatic hydroxyl groups excluding tert-OH is 1. The first kappa shape index (κ1) is 11.1. The molecule has 15 heavy (non-hydrogen) atoms. The molecule has 1 N–H and O–H groups in total. The van der Waals surface area contributed by atoms with Gasteiger partial charge in [0.25, 0.3) is 0 Å². The summed E-state index contributed by atoms with van der Waals surface area (Å²) in [6.07, 6.45) is 3.54. The normalized spacial score (nSPS) is 17.8. The summed E-state index contributed by atoms with van der Waals surface area (Å²) in [7, 11) is 0. The molecule has 0 bridgehead atoms. The Balaban J connectivity index is 1.94. The lowest BCUT2D eigenvalue weighted by Crippen LogP contribution is -2.10. The third-order valence-corrected chi connectivity index (χ3v) is 3.66. The van der Waals surface area contributed by atoms with E-state index in [4.69, 9.17) is 0 Å². The van der Waals surface area contributed by atoms with Crippen LogP contribution in [-0.2, 0) is 6.42 Å². The summed E-state index contributed by atoms with van der Waals surface area (Å²) in [5.41, 5.74) is 0.940. The van der Waals surface area contributed by atoms with E-state index in [-0.39, 0.29) is 11.9 Å². The zero-order valence-corrected chi connectivity index (χ0v) is 10.0. The molecular weight excluding hydrogens is 259 g/mol. The summed E-state index contributed by atoms with van der Waals surface area (Å²) in [4.78, 5) is 0. The third kappa shape index (κ3) is 3.02. The van der Waals surface area contributed by atoms with Gasteiger partial charge in [-0.15, -0.1) is 0 Å². The van der Waals surface area contributed by atoms with Gasteiger partial charge in [0.1, 0.15) is 5.82 Å². The van der Waals surface area contributed by atoms with Gasteiger partial charge >= 0.3 is 0 Å². The van der Waals surface area contributed by atoms with Crippen LogP contribution in [-0.4, -0.2) is 11.2 Å². The number of rotatable bonds is 4. The molecule has 1 nitrogen and oxygen atoms in total. The average molecular weight is 273 g/mol. The minimum atomic E-state index is -0.214. The highest BCUT2D eigenvalue weighted by atomic mass is 79.9. The van der Waals surface area contributed by atoms with Crippen LogP contribution in [0, 0.1) is 11.7 Å². The molecule has 3 heteroatoms. The van der Waals surface area contributed by atoms with Gasteiger partial charge in [0.05, 0.1) is 6.10 Å². The molecule has 82 valence electrons. The Bertz CT molecular complexity index is 349.